The van der Waals surface area contributed by atoms with Crippen LogP contribution in [0.4, 0.5) is 5.69 Å². The molecule has 1 aromatic rings. The molecule has 0 radical (unpaired) electrons. The van der Waals surface area contributed by atoms with E-state index in [-0.39, 0.29) is 17.5 Å². The van der Waals surface area contributed by atoms with E-state index in [1.807, 2.05) is 0 Å². The normalized spacial score (nSPS) is 23.9. The minimum atomic E-state index is -0.611. The number of Topliss-reactive ketones (excluding diaryl/α,β-unsaturated/α-hetero) is 1. The van der Waals surface area contributed by atoms with Crippen molar-refractivity contribution in [3.8, 4) is 0 Å². The molecule has 5 heteroatoms. The molecule has 3 unspecified atom stereocenters. The van der Waals surface area contributed by atoms with Crippen molar-refractivity contribution < 1.29 is 14.4 Å². The second kappa shape index (κ2) is 7.40. The Balaban J connectivity index is 2.11. The standard InChI is InChI=1S/C18H24N2O3/c1-11-7-6-10-15(12(11)2)20-18(23)17(22)14-8-4-5-9-16(14)19-13(3)21/h4-5,8-9,11-12,15H,6-7,10H2,1-3H3,(H,19,21)(H,20,23). The van der Waals surface area contributed by atoms with Crippen LogP contribution in [0.5, 0.6) is 0 Å². The van der Waals surface area contributed by atoms with E-state index in [0.717, 1.165) is 19.3 Å². The minimum Gasteiger partial charge on any atom is -0.346 e. The predicted molar refractivity (Wildman–Crippen MR) is 89.2 cm³/mol. The second-order valence-electron chi connectivity index (χ2n) is 6.40. The van der Waals surface area contributed by atoms with Crippen molar-refractivity contribution in [1.29, 1.82) is 0 Å². The van der Waals surface area contributed by atoms with Crippen LogP contribution in [0.1, 0.15) is 50.4 Å². The summed E-state index contributed by atoms with van der Waals surface area (Å²) in [4.78, 5) is 36.0. The molecule has 2 amide bonds. The van der Waals surface area contributed by atoms with Crippen LogP contribution in [0.25, 0.3) is 0 Å². The number of rotatable bonds is 4. The molecular weight excluding hydrogens is 292 g/mol. The third-order valence-corrected chi connectivity index (χ3v) is 4.71. The van der Waals surface area contributed by atoms with Crippen molar-refractivity contribution in [2.75, 3.05) is 5.32 Å². The number of hydrogen-bond donors (Lipinski definition) is 2. The van der Waals surface area contributed by atoms with Gasteiger partial charge >= 0.3 is 0 Å². The Morgan fingerprint density at radius 2 is 1.78 bits per heavy atom. The highest BCUT2D eigenvalue weighted by Gasteiger charge is 2.30. The molecule has 0 aromatic heterocycles. The van der Waals surface area contributed by atoms with Gasteiger partial charge in [-0.25, -0.2) is 0 Å². The summed E-state index contributed by atoms with van der Waals surface area (Å²) in [5.74, 6) is -0.601. The van der Waals surface area contributed by atoms with Gasteiger partial charge in [-0.15, -0.1) is 0 Å². The third kappa shape index (κ3) is 4.18. The fourth-order valence-corrected chi connectivity index (χ4v) is 3.12. The number of amides is 2. The quantitative estimate of drug-likeness (QED) is 0.662. The van der Waals surface area contributed by atoms with Crippen LogP contribution in [-0.2, 0) is 9.59 Å². The van der Waals surface area contributed by atoms with Crippen LogP contribution in [0.15, 0.2) is 24.3 Å². The first-order chi connectivity index (χ1) is 10.9. The lowest BCUT2D eigenvalue weighted by molar-refractivity contribution is -0.118. The summed E-state index contributed by atoms with van der Waals surface area (Å²) in [5, 5.41) is 5.47. The zero-order chi connectivity index (χ0) is 17.0. The molecule has 0 aliphatic heterocycles. The Labute approximate surface area is 136 Å². The number of nitrogens with one attached hydrogen (secondary N) is 2. The summed E-state index contributed by atoms with van der Waals surface area (Å²) in [6, 6.07) is 6.60. The van der Waals surface area contributed by atoms with Crippen molar-refractivity contribution in [1.82, 2.24) is 5.32 Å². The van der Waals surface area contributed by atoms with Crippen molar-refractivity contribution in [2.45, 2.75) is 46.1 Å². The van der Waals surface area contributed by atoms with Crippen molar-refractivity contribution >= 4 is 23.3 Å². The van der Waals surface area contributed by atoms with Gasteiger partial charge in [-0.05, 0) is 30.4 Å². The van der Waals surface area contributed by atoms with Gasteiger partial charge in [-0.3, -0.25) is 14.4 Å². The van der Waals surface area contributed by atoms with Gasteiger partial charge in [-0.1, -0.05) is 38.8 Å². The van der Waals surface area contributed by atoms with Gasteiger partial charge in [0.1, 0.15) is 0 Å². The SMILES string of the molecule is CC(=O)Nc1ccccc1C(=O)C(=O)NC1CCCC(C)C1C. The predicted octanol–water partition coefficient (Wildman–Crippen LogP) is 2.77. The average Bonchev–Trinajstić information content (AvgIpc) is 2.51. The Hall–Kier alpha value is -2.17. The highest BCUT2D eigenvalue weighted by Crippen LogP contribution is 2.29. The van der Waals surface area contributed by atoms with E-state index in [1.165, 1.54) is 6.92 Å². The fraction of sp³-hybridized carbons (Fsp3) is 0.500. The van der Waals surface area contributed by atoms with Gasteiger partial charge in [0, 0.05) is 13.0 Å². The second-order valence-corrected chi connectivity index (χ2v) is 6.40. The molecule has 0 saturated heterocycles. The monoisotopic (exact) mass is 316 g/mol. The summed E-state index contributed by atoms with van der Waals surface area (Å²) in [5.41, 5.74) is 0.585. The number of hydrogen-bond acceptors (Lipinski definition) is 3. The molecule has 1 aromatic carbocycles. The van der Waals surface area contributed by atoms with Gasteiger partial charge in [0.2, 0.25) is 5.91 Å². The third-order valence-electron chi connectivity index (χ3n) is 4.71. The van der Waals surface area contributed by atoms with Crippen molar-refractivity contribution in [2.24, 2.45) is 11.8 Å². The fourth-order valence-electron chi connectivity index (χ4n) is 3.12. The highest BCUT2D eigenvalue weighted by molar-refractivity contribution is 6.44. The summed E-state index contributed by atoms with van der Waals surface area (Å²) < 4.78 is 0. The zero-order valence-electron chi connectivity index (χ0n) is 13.9. The van der Waals surface area contributed by atoms with Crippen LogP contribution in [0.3, 0.4) is 0 Å². The Bertz CT molecular complexity index is 612. The number of ketones is 1. The van der Waals surface area contributed by atoms with Gasteiger partial charge in [0.15, 0.2) is 0 Å². The van der Waals surface area contributed by atoms with Crippen molar-refractivity contribution in [3.05, 3.63) is 29.8 Å². The van der Waals surface area contributed by atoms with Crippen LogP contribution >= 0.6 is 0 Å². The molecule has 3 atom stereocenters. The molecule has 0 heterocycles. The van der Waals surface area contributed by atoms with Crippen LogP contribution in [0.2, 0.25) is 0 Å². The summed E-state index contributed by atoms with van der Waals surface area (Å²) in [6.07, 6.45) is 3.12. The molecule has 1 aliphatic rings. The van der Waals surface area contributed by atoms with E-state index in [1.54, 1.807) is 24.3 Å². The number of anilines is 1. The first-order valence-electron chi connectivity index (χ1n) is 8.12. The van der Waals surface area contributed by atoms with E-state index in [2.05, 4.69) is 24.5 Å². The molecule has 124 valence electrons. The van der Waals surface area contributed by atoms with E-state index in [0.29, 0.717) is 17.5 Å². The molecule has 5 nitrogen and oxygen atoms in total. The summed E-state index contributed by atoms with van der Waals surface area (Å²) in [6.45, 7) is 5.66. The van der Waals surface area contributed by atoms with Gasteiger partial charge in [0.05, 0.1) is 11.3 Å². The first kappa shape index (κ1) is 17.2. The van der Waals surface area contributed by atoms with Crippen LogP contribution in [-0.4, -0.2) is 23.6 Å². The molecule has 2 rings (SSSR count). The maximum atomic E-state index is 12.4. The molecule has 1 saturated carbocycles. The lowest BCUT2D eigenvalue weighted by Crippen LogP contribution is -2.46. The highest BCUT2D eigenvalue weighted by atomic mass is 16.2. The van der Waals surface area contributed by atoms with Gasteiger partial charge < -0.3 is 10.6 Å². The van der Waals surface area contributed by atoms with Crippen molar-refractivity contribution in [3.63, 3.8) is 0 Å². The average molecular weight is 316 g/mol. The van der Waals surface area contributed by atoms with Crippen LogP contribution in [0, 0.1) is 11.8 Å². The van der Waals surface area contributed by atoms with E-state index in [4.69, 9.17) is 0 Å². The summed E-state index contributed by atoms with van der Waals surface area (Å²) in [7, 11) is 0. The first-order valence-corrected chi connectivity index (χ1v) is 8.12. The topological polar surface area (TPSA) is 75.3 Å². The number of carbonyl (C=O) groups is 3. The Morgan fingerprint density at radius 3 is 2.48 bits per heavy atom. The van der Waals surface area contributed by atoms with E-state index >= 15 is 0 Å². The number of carbonyl (C=O) groups excluding carboxylic acids is 3. The lowest BCUT2D eigenvalue weighted by atomic mass is 9.78. The smallest absolute Gasteiger partial charge is 0.292 e. The van der Waals surface area contributed by atoms with E-state index in [9.17, 15) is 14.4 Å². The molecular formula is C18H24N2O3. The molecule has 23 heavy (non-hydrogen) atoms. The molecule has 0 bridgehead atoms. The summed E-state index contributed by atoms with van der Waals surface area (Å²) >= 11 is 0. The molecule has 2 N–H and O–H groups in total. The Morgan fingerprint density at radius 1 is 1.09 bits per heavy atom. The molecule has 1 aliphatic carbocycles. The van der Waals surface area contributed by atoms with Gasteiger partial charge in [-0.2, -0.15) is 0 Å². The van der Waals surface area contributed by atoms with E-state index < -0.39 is 11.7 Å². The number of benzene rings is 1. The molecule has 1 fully saturated rings. The minimum absolute atomic E-state index is 0.0307. The Kier molecular flexibility index (Phi) is 5.53. The lowest BCUT2D eigenvalue weighted by Gasteiger charge is -2.34. The maximum Gasteiger partial charge on any atom is 0.292 e. The van der Waals surface area contributed by atoms with Crippen LogP contribution < -0.4 is 10.6 Å². The maximum absolute atomic E-state index is 12.4. The van der Waals surface area contributed by atoms with Gasteiger partial charge in [0.25, 0.3) is 11.7 Å². The number of para-hydroxylation sites is 1. The largest absolute Gasteiger partial charge is 0.346 e. The molecule has 0 spiro atoms. The zero-order valence-corrected chi connectivity index (χ0v) is 13.9.